The molecule has 3 heteroatoms. The Morgan fingerprint density at radius 3 is 2.45 bits per heavy atom. The van der Waals surface area contributed by atoms with Crippen molar-refractivity contribution >= 4 is 5.82 Å². The lowest BCUT2D eigenvalue weighted by molar-refractivity contribution is 0.423. The van der Waals surface area contributed by atoms with Crippen molar-refractivity contribution < 1.29 is 0 Å². The molecule has 1 rings (SSSR count). The first-order valence-corrected chi connectivity index (χ1v) is 7.65. The van der Waals surface area contributed by atoms with Gasteiger partial charge in [0.15, 0.2) is 0 Å². The van der Waals surface area contributed by atoms with Gasteiger partial charge in [-0.05, 0) is 45.2 Å². The molecule has 0 aliphatic rings. The highest BCUT2D eigenvalue weighted by Gasteiger charge is 2.12. The Labute approximate surface area is 124 Å². The molecule has 1 unspecified atom stereocenters. The van der Waals surface area contributed by atoms with Gasteiger partial charge >= 0.3 is 0 Å². The summed E-state index contributed by atoms with van der Waals surface area (Å²) in [4.78, 5) is 7.00. The zero-order chi connectivity index (χ0) is 15.3. The summed E-state index contributed by atoms with van der Waals surface area (Å²) in [6, 6.07) is 4.33. The molecular formula is C17H31N3. The zero-order valence-corrected chi connectivity index (χ0v) is 14.2. The van der Waals surface area contributed by atoms with Crippen molar-refractivity contribution in [1.29, 1.82) is 0 Å². The molecule has 114 valence electrons. The molecule has 0 saturated heterocycles. The Morgan fingerprint density at radius 1 is 1.30 bits per heavy atom. The highest BCUT2D eigenvalue weighted by molar-refractivity contribution is 5.40. The highest BCUT2D eigenvalue weighted by atomic mass is 15.2. The van der Waals surface area contributed by atoms with Crippen LogP contribution in [0.4, 0.5) is 5.82 Å². The van der Waals surface area contributed by atoms with E-state index in [9.17, 15) is 0 Å². The van der Waals surface area contributed by atoms with Gasteiger partial charge in [-0.3, -0.25) is 0 Å². The second-order valence-corrected chi connectivity index (χ2v) is 6.91. The van der Waals surface area contributed by atoms with Crippen molar-refractivity contribution in [3.63, 3.8) is 0 Å². The van der Waals surface area contributed by atoms with Crippen LogP contribution >= 0.6 is 0 Å². The molecular weight excluding hydrogens is 246 g/mol. The highest BCUT2D eigenvalue weighted by Crippen LogP contribution is 2.16. The molecule has 1 heterocycles. The van der Waals surface area contributed by atoms with Crippen LogP contribution in [0.2, 0.25) is 0 Å². The maximum absolute atomic E-state index is 4.75. The van der Waals surface area contributed by atoms with Crippen LogP contribution in [0.3, 0.4) is 0 Å². The number of hydrogen-bond donors (Lipinski definition) is 1. The van der Waals surface area contributed by atoms with E-state index in [1.807, 2.05) is 0 Å². The lowest BCUT2D eigenvalue weighted by atomic mass is 10.1. The van der Waals surface area contributed by atoms with Crippen LogP contribution in [-0.4, -0.2) is 24.1 Å². The van der Waals surface area contributed by atoms with E-state index >= 15 is 0 Å². The Balaban J connectivity index is 2.72. The van der Waals surface area contributed by atoms with Gasteiger partial charge in [0.25, 0.3) is 0 Å². The molecule has 0 aromatic carbocycles. The van der Waals surface area contributed by atoms with E-state index in [0.29, 0.717) is 5.92 Å². The fourth-order valence-electron chi connectivity index (χ4n) is 2.03. The van der Waals surface area contributed by atoms with Crippen LogP contribution in [0.15, 0.2) is 12.1 Å². The summed E-state index contributed by atoms with van der Waals surface area (Å²) < 4.78 is 0. The first-order chi connectivity index (χ1) is 9.23. The monoisotopic (exact) mass is 277 g/mol. The third-order valence-electron chi connectivity index (χ3n) is 3.66. The maximum Gasteiger partial charge on any atom is 0.128 e. The standard InChI is InChI=1S/C17H31N3/c1-8-13(2)12-20(7)16-10-9-15(14(3)19-16)11-18-17(4,5)6/h9-10,13,18H,8,11-12H2,1-7H3. The molecule has 1 atom stereocenters. The Kier molecular flexibility index (Phi) is 6.00. The van der Waals surface area contributed by atoms with Crippen LogP contribution in [0.5, 0.6) is 0 Å². The molecule has 0 fully saturated rings. The number of aromatic nitrogens is 1. The molecule has 0 amide bonds. The van der Waals surface area contributed by atoms with E-state index in [1.165, 1.54) is 12.0 Å². The van der Waals surface area contributed by atoms with E-state index < -0.39 is 0 Å². The van der Waals surface area contributed by atoms with Crippen molar-refractivity contribution in [2.75, 3.05) is 18.5 Å². The molecule has 1 aromatic heterocycles. The average molecular weight is 277 g/mol. The molecule has 20 heavy (non-hydrogen) atoms. The van der Waals surface area contributed by atoms with Crippen molar-refractivity contribution in [2.24, 2.45) is 5.92 Å². The summed E-state index contributed by atoms with van der Waals surface area (Å²) in [5.41, 5.74) is 2.54. The minimum atomic E-state index is 0.137. The van der Waals surface area contributed by atoms with E-state index in [0.717, 1.165) is 24.6 Å². The summed E-state index contributed by atoms with van der Waals surface area (Å²) in [7, 11) is 2.13. The minimum absolute atomic E-state index is 0.137. The van der Waals surface area contributed by atoms with E-state index in [1.54, 1.807) is 0 Å². The third kappa shape index (κ3) is 5.49. The van der Waals surface area contributed by atoms with E-state index in [4.69, 9.17) is 4.98 Å². The number of pyridine rings is 1. The molecule has 0 spiro atoms. The van der Waals surface area contributed by atoms with Crippen molar-refractivity contribution in [2.45, 2.75) is 60.0 Å². The Hall–Kier alpha value is -1.09. The van der Waals surface area contributed by atoms with Gasteiger partial charge in [0.1, 0.15) is 5.82 Å². The predicted molar refractivity (Wildman–Crippen MR) is 88.3 cm³/mol. The van der Waals surface area contributed by atoms with Crippen LogP contribution in [0, 0.1) is 12.8 Å². The van der Waals surface area contributed by atoms with Gasteiger partial charge in [-0.25, -0.2) is 4.98 Å². The van der Waals surface area contributed by atoms with Gasteiger partial charge in [-0.15, -0.1) is 0 Å². The van der Waals surface area contributed by atoms with Crippen LogP contribution in [0.25, 0.3) is 0 Å². The van der Waals surface area contributed by atoms with Crippen molar-refractivity contribution in [1.82, 2.24) is 10.3 Å². The first-order valence-electron chi connectivity index (χ1n) is 7.65. The third-order valence-corrected chi connectivity index (χ3v) is 3.66. The second-order valence-electron chi connectivity index (χ2n) is 6.91. The summed E-state index contributed by atoms with van der Waals surface area (Å²) in [5.74, 6) is 1.77. The van der Waals surface area contributed by atoms with Crippen molar-refractivity contribution in [3.05, 3.63) is 23.4 Å². The van der Waals surface area contributed by atoms with Crippen LogP contribution in [-0.2, 0) is 6.54 Å². The largest absolute Gasteiger partial charge is 0.359 e. The smallest absolute Gasteiger partial charge is 0.128 e. The number of aryl methyl sites for hydroxylation is 1. The summed E-state index contributed by atoms with van der Waals surface area (Å²) in [5, 5.41) is 3.52. The number of rotatable bonds is 6. The quantitative estimate of drug-likeness (QED) is 0.858. The lowest BCUT2D eigenvalue weighted by Gasteiger charge is -2.24. The molecule has 0 aliphatic heterocycles. The predicted octanol–water partition coefficient (Wildman–Crippen LogP) is 3.76. The normalized spacial score (nSPS) is 13.3. The van der Waals surface area contributed by atoms with Gasteiger partial charge in [-0.2, -0.15) is 0 Å². The Bertz CT molecular complexity index is 421. The van der Waals surface area contributed by atoms with Gasteiger partial charge in [0.2, 0.25) is 0 Å². The molecule has 1 N–H and O–H groups in total. The number of anilines is 1. The summed E-state index contributed by atoms with van der Waals surface area (Å²) >= 11 is 0. The minimum Gasteiger partial charge on any atom is -0.359 e. The SMILES string of the molecule is CCC(C)CN(C)c1ccc(CNC(C)(C)C)c(C)n1. The number of hydrogen-bond acceptors (Lipinski definition) is 3. The van der Waals surface area contributed by atoms with Crippen molar-refractivity contribution in [3.8, 4) is 0 Å². The van der Waals surface area contributed by atoms with Crippen LogP contribution in [0.1, 0.15) is 52.3 Å². The molecule has 1 aromatic rings. The second kappa shape index (κ2) is 7.07. The van der Waals surface area contributed by atoms with Gasteiger partial charge in [-0.1, -0.05) is 26.3 Å². The molecule has 0 aliphatic carbocycles. The molecule has 0 bridgehead atoms. The summed E-state index contributed by atoms with van der Waals surface area (Å²) in [6.45, 7) is 15.1. The topological polar surface area (TPSA) is 28.2 Å². The fraction of sp³-hybridized carbons (Fsp3) is 0.706. The molecule has 0 saturated carbocycles. The van der Waals surface area contributed by atoms with Gasteiger partial charge < -0.3 is 10.2 Å². The Morgan fingerprint density at radius 2 is 1.95 bits per heavy atom. The fourth-order valence-corrected chi connectivity index (χ4v) is 2.03. The van der Waals surface area contributed by atoms with Gasteiger partial charge in [0.05, 0.1) is 0 Å². The van der Waals surface area contributed by atoms with E-state index in [-0.39, 0.29) is 5.54 Å². The van der Waals surface area contributed by atoms with E-state index in [2.05, 4.69) is 70.9 Å². The lowest BCUT2D eigenvalue weighted by Crippen LogP contribution is -2.35. The van der Waals surface area contributed by atoms with Crippen LogP contribution < -0.4 is 10.2 Å². The number of nitrogens with one attached hydrogen (secondary N) is 1. The molecule has 0 radical (unpaired) electrons. The summed E-state index contributed by atoms with van der Waals surface area (Å²) in [6.07, 6.45) is 1.21. The van der Waals surface area contributed by atoms with Gasteiger partial charge in [0, 0.05) is 31.4 Å². The zero-order valence-electron chi connectivity index (χ0n) is 14.2. The molecule has 3 nitrogen and oxygen atoms in total. The first kappa shape index (κ1) is 17.0. The number of nitrogens with zero attached hydrogens (tertiary/aromatic N) is 2. The maximum atomic E-state index is 4.75. The average Bonchev–Trinajstić information content (AvgIpc) is 2.35.